The first-order chi connectivity index (χ1) is 5.29. The third-order valence-corrected chi connectivity index (χ3v) is 1.03. The topological polar surface area (TPSA) is 49.4 Å². The molecule has 0 saturated heterocycles. The van der Waals surface area contributed by atoms with Gasteiger partial charge in [-0.2, -0.15) is 6.61 Å². The molecule has 0 amide bonds. The monoisotopic (exact) mass is 164 g/mol. The molecule has 1 aromatic carbocycles. The van der Waals surface area contributed by atoms with Crippen molar-refractivity contribution in [1.29, 1.82) is 0 Å². The minimum atomic E-state index is -1.34. The van der Waals surface area contributed by atoms with Gasteiger partial charge in [-0.3, -0.25) is 0 Å². The molecule has 0 radical (unpaired) electrons. The molecule has 0 aliphatic heterocycles. The zero-order valence-corrected chi connectivity index (χ0v) is 7.69. The van der Waals surface area contributed by atoms with Crippen molar-refractivity contribution < 1.29 is 52.4 Å². The van der Waals surface area contributed by atoms with E-state index in [1.165, 1.54) is 0 Å². The molecular weight excluding hydrogens is 158 g/mol. The van der Waals surface area contributed by atoms with Crippen LogP contribution >= 0.6 is 0 Å². The zero-order valence-electron chi connectivity index (χ0n) is 7.69. The van der Waals surface area contributed by atoms with Gasteiger partial charge < -0.3 is 14.6 Å². The summed E-state index contributed by atoms with van der Waals surface area (Å²) in [6.07, 6.45) is 0. The van der Waals surface area contributed by atoms with Crippen molar-refractivity contribution in [2.75, 3.05) is 0 Å². The molecule has 0 heterocycles. The van der Waals surface area contributed by atoms with Gasteiger partial charge in [-0.05, 0) is 12.1 Å². The van der Waals surface area contributed by atoms with Crippen LogP contribution in [0.15, 0.2) is 30.3 Å². The van der Waals surface area contributed by atoms with Gasteiger partial charge in [0.15, 0.2) is 0 Å². The molecule has 1 aromatic rings. The van der Waals surface area contributed by atoms with E-state index >= 15 is 0 Å². The number of aliphatic carboxylic acids is 1. The molecule has 0 saturated carbocycles. The number of hydrogen-bond donors (Lipinski definition) is 0. The summed E-state index contributed by atoms with van der Waals surface area (Å²) in [5.41, 5.74) is 0. The van der Waals surface area contributed by atoms with Gasteiger partial charge in [-0.25, -0.2) is 0 Å². The maximum Gasteiger partial charge on any atom is 1.00 e. The van der Waals surface area contributed by atoms with Crippen LogP contribution in [-0.4, -0.2) is 5.97 Å². The summed E-state index contributed by atoms with van der Waals surface area (Å²) in [6.45, 7) is 0.634. The van der Waals surface area contributed by atoms with Crippen molar-refractivity contribution in [3.63, 3.8) is 0 Å². The van der Waals surface area contributed by atoms with Crippen LogP contribution in [0.1, 0.15) is 0 Å². The van der Waals surface area contributed by atoms with E-state index in [1.54, 1.807) is 24.3 Å². The Balaban J connectivity index is 0. The fourth-order valence-electron chi connectivity index (χ4n) is 0.615. The Labute approximate surface area is 101 Å². The smallest absolute Gasteiger partial charge is 0.638 e. The van der Waals surface area contributed by atoms with E-state index in [2.05, 4.69) is 4.74 Å². The summed E-state index contributed by atoms with van der Waals surface area (Å²) >= 11 is 0. The molecule has 0 spiro atoms. The van der Waals surface area contributed by atoms with E-state index in [1.807, 2.05) is 6.07 Å². The molecule has 13 heavy (non-hydrogen) atoms. The number of carboxylic acids is 1. The van der Waals surface area contributed by atoms with E-state index in [-0.39, 0.29) is 37.7 Å². The molecule has 0 atom stereocenters. The van der Waals surface area contributed by atoms with Crippen molar-refractivity contribution in [2.24, 2.45) is 0 Å². The summed E-state index contributed by atoms with van der Waals surface area (Å²) in [5.74, 6) is -0.856. The maximum absolute atomic E-state index is 9.88. The minimum absolute atomic E-state index is 0. The van der Waals surface area contributed by atoms with Crippen LogP contribution in [-0.2, 0) is 4.79 Å². The van der Waals surface area contributed by atoms with Crippen LogP contribution in [0.5, 0.6) is 5.75 Å². The Bertz CT molecular complexity index is 238. The van der Waals surface area contributed by atoms with E-state index in [0.717, 1.165) is 0 Å². The van der Waals surface area contributed by atoms with Gasteiger partial charge in [0.1, 0.15) is 0 Å². The number of carboxylic acid groups (broad SMARTS) is 1. The first kappa shape index (κ1) is 15.0. The second-order valence-electron chi connectivity index (χ2n) is 1.87. The summed E-state index contributed by atoms with van der Waals surface area (Å²) in [7, 11) is 0. The fourth-order valence-corrected chi connectivity index (χ4v) is 0.615. The quantitative estimate of drug-likeness (QED) is 0.330. The molecule has 0 aromatic heterocycles. The van der Waals surface area contributed by atoms with E-state index in [0.29, 0.717) is 12.4 Å². The van der Waals surface area contributed by atoms with Crippen LogP contribution in [0.3, 0.4) is 0 Å². The minimum Gasteiger partial charge on any atom is -0.638 e. The number of carbonyl (C=O) groups excluding carboxylic acids is 1. The van der Waals surface area contributed by atoms with E-state index in [9.17, 15) is 9.90 Å². The Morgan fingerprint density at radius 3 is 2.23 bits per heavy atom. The van der Waals surface area contributed by atoms with Crippen LogP contribution in [0, 0.1) is 6.61 Å². The van der Waals surface area contributed by atoms with Gasteiger partial charge >= 0.3 is 37.7 Å². The third kappa shape index (κ3) is 6.69. The molecule has 1 rings (SSSR count). The van der Waals surface area contributed by atoms with Crippen molar-refractivity contribution >= 4 is 5.97 Å². The zero-order chi connectivity index (χ0) is 8.10. The number of ether oxygens (including phenoxy) is 1. The van der Waals surface area contributed by atoms with Gasteiger partial charge in [-0.1, -0.05) is 24.2 Å². The SMILES string of the molecule is O=C([O-])[CH-]Oc1ccccc1.[Li+].[Li+]. The molecule has 0 N–H and O–H groups in total. The molecule has 5 heteroatoms. The first-order valence-electron chi connectivity index (χ1n) is 3.05. The standard InChI is InChI=1S/C8H7O3.2Li/c9-8(10)6-11-7-4-2-1-3-5-7;;/h1-6H,(H,9,10);;/q-1;2*+1/p-1. The van der Waals surface area contributed by atoms with Crippen molar-refractivity contribution in [1.82, 2.24) is 0 Å². The average molecular weight is 164 g/mol. The molecule has 3 nitrogen and oxygen atoms in total. The van der Waals surface area contributed by atoms with Gasteiger partial charge in [0.05, 0.1) is 5.75 Å². The summed E-state index contributed by atoms with van der Waals surface area (Å²) < 4.78 is 4.68. The number of rotatable bonds is 3. The van der Waals surface area contributed by atoms with Gasteiger partial charge in [0.25, 0.3) is 0 Å². The van der Waals surface area contributed by atoms with Crippen molar-refractivity contribution in [3.05, 3.63) is 36.9 Å². The summed E-state index contributed by atoms with van der Waals surface area (Å²) in [4.78, 5) is 9.88. The number of hydrogen-bond acceptors (Lipinski definition) is 3. The largest absolute Gasteiger partial charge is 1.00 e. The second-order valence-corrected chi connectivity index (χ2v) is 1.87. The van der Waals surface area contributed by atoms with Gasteiger partial charge in [0.2, 0.25) is 0 Å². The Kier molecular flexibility index (Phi) is 9.45. The molecule has 0 aliphatic carbocycles. The number of carbonyl (C=O) groups is 1. The maximum atomic E-state index is 9.88. The summed E-state index contributed by atoms with van der Waals surface area (Å²) in [5, 5.41) is 9.88. The Hall–Kier alpha value is -0.445. The average Bonchev–Trinajstić information content (AvgIpc) is 2.03. The molecule has 58 valence electrons. The van der Waals surface area contributed by atoms with Crippen LogP contribution < -0.4 is 47.6 Å². The third-order valence-electron chi connectivity index (χ3n) is 1.03. The van der Waals surface area contributed by atoms with E-state index < -0.39 is 5.97 Å². The van der Waals surface area contributed by atoms with Crippen molar-refractivity contribution in [3.8, 4) is 5.75 Å². The van der Waals surface area contributed by atoms with Crippen molar-refractivity contribution in [2.45, 2.75) is 0 Å². The molecule has 0 bridgehead atoms. The Morgan fingerprint density at radius 1 is 1.23 bits per heavy atom. The second kappa shape index (κ2) is 8.17. The molecular formula is C8H6Li2O3. The first-order valence-corrected chi connectivity index (χ1v) is 3.05. The van der Waals surface area contributed by atoms with Gasteiger partial charge in [0, 0.05) is 0 Å². The van der Waals surface area contributed by atoms with Crippen LogP contribution in [0.4, 0.5) is 0 Å². The fraction of sp³-hybridized carbons (Fsp3) is 0. The van der Waals surface area contributed by atoms with Crippen LogP contribution in [0.25, 0.3) is 0 Å². The van der Waals surface area contributed by atoms with Gasteiger partial charge in [-0.15, -0.1) is 0 Å². The molecule has 0 aliphatic rings. The van der Waals surface area contributed by atoms with E-state index in [4.69, 9.17) is 0 Å². The summed E-state index contributed by atoms with van der Waals surface area (Å²) in [6, 6.07) is 8.61. The number of benzene rings is 1. The predicted molar refractivity (Wildman–Crippen MR) is 36.4 cm³/mol. The number of para-hydroxylation sites is 1. The van der Waals surface area contributed by atoms with Crippen LogP contribution in [0.2, 0.25) is 0 Å². The normalized spacial score (nSPS) is 7.38. The Morgan fingerprint density at radius 2 is 1.77 bits per heavy atom. The predicted octanol–water partition coefficient (Wildman–Crippen LogP) is -6.01. The molecule has 0 fully saturated rings. The molecule has 0 unspecified atom stereocenters.